The third-order valence-electron chi connectivity index (χ3n) is 0.717. The summed E-state index contributed by atoms with van der Waals surface area (Å²) in [6.07, 6.45) is 1.60. The Kier molecular flexibility index (Phi) is 0.532. The van der Waals surface area contributed by atoms with Gasteiger partial charge >= 0.3 is 0 Å². The molecule has 0 bridgehead atoms. The molecule has 0 atom stereocenters. The van der Waals surface area contributed by atoms with Crippen molar-refractivity contribution in [1.82, 2.24) is 0 Å². The van der Waals surface area contributed by atoms with Crippen LogP contribution in [0.25, 0.3) is 0 Å². The third kappa shape index (κ3) is 0.441. The van der Waals surface area contributed by atoms with Crippen molar-refractivity contribution in [2.45, 2.75) is 12.7 Å². The first kappa shape index (κ1) is 3.84. The zero-order valence-corrected chi connectivity index (χ0v) is 3.60. The van der Waals surface area contributed by atoms with Crippen molar-refractivity contribution in [3.63, 3.8) is 0 Å². The minimum absolute atomic E-state index is 0.444. The maximum absolute atomic E-state index is 4.43. The molecule has 0 saturated carbocycles. The van der Waals surface area contributed by atoms with Crippen molar-refractivity contribution >= 4 is 0 Å². The minimum atomic E-state index is -0.444. The Hall–Kier alpha value is -0.340. The van der Waals surface area contributed by atoms with Crippen LogP contribution in [0.5, 0.6) is 0 Å². The largest absolute Gasteiger partial charge is 0.249 e. The Morgan fingerprint density at radius 1 is 1.67 bits per heavy atom. The van der Waals surface area contributed by atoms with Crippen LogP contribution >= 0.6 is 0 Å². The molecule has 1 rings (SSSR count). The fourth-order valence-corrected chi connectivity index (χ4v) is 0.134. The highest BCUT2D eigenvalue weighted by Crippen LogP contribution is 2.28. The maximum atomic E-state index is 4.43. The van der Waals surface area contributed by atoms with Crippen LogP contribution in [0.4, 0.5) is 0 Å². The lowest BCUT2D eigenvalue weighted by Gasteiger charge is -1.78. The van der Waals surface area contributed by atoms with Gasteiger partial charge in [0.15, 0.2) is 0 Å². The lowest BCUT2D eigenvalue weighted by Crippen LogP contribution is -1.93. The molecule has 0 aromatic rings. The molecular formula is C4H6O2. The van der Waals surface area contributed by atoms with Gasteiger partial charge in [-0.2, -0.15) is 9.78 Å². The minimum Gasteiger partial charge on any atom is -0.190 e. The molecule has 0 aromatic heterocycles. The second-order valence-corrected chi connectivity index (χ2v) is 1.39. The third-order valence-corrected chi connectivity index (χ3v) is 0.717. The van der Waals surface area contributed by atoms with E-state index < -0.39 is 5.79 Å². The van der Waals surface area contributed by atoms with Crippen molar-refractivity contribution in [3.05, 3.63) is 12.7 Å². The van der Waals surface area contributed by atoms with Crippen LogP contribution in [0, 0.1) is 0 Å². The van der Waals surface area contributed by atoms with Gasteiger partial charge in [0, 0.05) is 0 Å². The van der Waals surface area contributed by atoms with Crippen molar-refractivity contribution in [2.24, 2.45) is 0 Å². The molecule has 0 amide bonds. The summed E-state index contributed by atoms with van der Waals surface area (Å²) in [6, 6.07) is 0. The molecule has 1 saturated heterocycles. The average molecular weight is 86.1 g/mol. The van der Waals surface area contributed by atoms with Gasteiger partial charge in [0.05, 0.1) is 0 Å². The molecule has 0 radical (unpaired) electrons. The van der Waals surface area contributed by atoms with Gasteiger partial charge < -0.3 is 0 Å². The van der Waals surface area contributed by atoms with Gasteiger partial charge in [-0.3, -0.25) is 0 Å². The monoisotopic (exact) mass is 86.0 g/mol. The second kappa shape index (κ2) is 0.832. The van der Waals surface area contributed by atoms with E-state index in [0.29, 0.717) is 0 Å². The molecule has 1 aliphatic rings. The van der Waals surface area contributed by atoms with E-state index in [1.54, 1.807) is 13.0 Å². The highest BCUT2D eigenvalue weighted by Gasteiger charge is 2.39. The Morgan fingerprint density at radius 2 is 2.17 bits per heavy atom. The molecule has 1 aliphatic heterocycles. The first-order chi connectivity index (χ1) is 2.77. The Labute approximate surface area is 36.3 Å². The van der Waals surface area contributed by atoms with Gasteiger partial charge in [-0.25, -0.2) is 0 Å². The molecule has 0 aliphatic carbocycles. The Balaban J connectivity index is 2.47. The summed E-state index contributed by atoms with van der Waals surface area (Å²) >= 11 is 0. The molecule has 0 N–H and O–H groups in total. The van der Waals surface area contributed by atoms with E-state index in [-0.39, 0.29) is 0 Å². The predicted octanol–water partition coefficient (Wildman–Crippen LogP) is 0.850. The number of hydrogen-bond acceptors (Lipinski definition) is 2. The Bertz CT molecular complexity index is 73.6. The van der Waals surface area contributed by atoms with E-state index in [1.807, 2.05) is 0 Å². The normalized spacial score (nSPS) is 26.2. The van der Waals surface area contributed by atoms with Gasteiger partial charge in [-0.1, -0.05) is 6.58 Å². The first-order valence-electron chi connectivity index (χ1n) is 1.77. The van der Waals surface area contributed by atoms with Crippen molar-refractivity contribution in [2.75, 3.05) is 0 Å². The van der Waals surface area contributed by atoms with Gasteiger partial charge in [0.2, 0.25) is 5.79 Å². The molecule has 0 aromatic carbocycles. The molecule has 1 fully saturated rings. The van der Waals surface area contributed by atoms with E-state index in [4.69, 9.17) is 0 Å². The van der Waals surface area contributed by atoms with Gasteiger partial charge in [-0.05, 0) is 13.0 Å². The first-order valence-corrected chi connectivity index (χ1v) is 1.77. The predicted molar refractivity (Wildman–Crippen MR) is 20.8 cm³/mol. The van der Waals surface area contributed by atoms with Crippen molar-refractivity contribution in [1.29, 1.82) is 0 Å². The lowest BCUT2D eigenvalue weighted by atomic mass is 10.4. The molecule has 2 heteroatoms. The highest BCUT2D eigenvalue weighted by atomic mass is 17.4. The fourth-order valence-electron chi connectivity index (χ4n) is 0.134. The zero-order valence-electron chi connectivity index (χ0n) is 3.60. The summed E-state index contributed by atoms with van der Waals surface area (Å²) < 4.78 is 0. The summed E-state index contributed by atoms with van der Waals surface area (Å²) in [5.41, 5.74) is 0. The van der Waals surface area contributed by atoms with E-state index in [9.17, 15) is 0 Å². The van der Waals surface area contributed by atoms with Crippen LogP contribution in [0.1, 0.15) is 6.92 Å². The SMILES string of the molecule is C=CC1(C)OO1. The van der Waals surface area contributed by atoms with E-state index in [2.05, 4.69) is 16.4 Å². The molecule has 1 heterocycles. The number of hydrogen-bond donors (Lipinski definition) is 0. The quantitative estimate of drug-likeness (QED) is 0.268. The average Bonchev–Trinajstić information content (AvgIpc) is 2.22. The molecule has 34 valence electrons. The fraction of sp³-hybridized carbons (Fsp3) is 0.500. The maximum Gasteiger partial charge on any atom is 0.249 e. The summed E-state index contributed by atoms with van der Waals surface area (Å²) in [6.45, 7) is 5.24. The van der Waals surface area contributed by atoms with E-state index in [1.165, 1.54) is 0 Å². The van der Waals surface area contributed by atoms with Crippen LogP contribution < -0.4 is 0 Å². The van der Waals surface area contributed by atoms with E-state index in [0.717, 1.165) is 0 Å². The van der Waals surface area contributed by atoms with Crippen LogP contribution in [-0.2, 0) is 9.78 Å². The molecular weight excluding hydrogens is 80.0 g/mol. The molecule has 0 unspecified atom stereocenters. The Morgan fingerprint density at radius 3 is 2.17 bits per heavy atom. The second-order valence-electron chi connectivity index (χ2n) is 1.39. The van der Waals surface area contributed by atoms with E-state index >= 15 is 0 Å². The van der Waals surface area contributed by atoms with Crippen LogP contribution in [0.2, 0.25) is 0 Å². The van der Waals surface area contributed by atoms with Crippen LogP contribution in [0.15, 0.2) is 12.7 Å². The lowest BCUT2D eigenvalue weighted by molar-refractivity contribution is 0.0850. The topological polar surface area (TPSA) is 25.1 Å². The molecule has 6 heavy (non-hydrogen) atoms. The number of rotatable bonds is 1. The van der Waals surface area contributed by atoms with Gasteiger partial charge in [0.1, 0.15) is 0 Å². The molecule has 2 nitrogen and oxygen atoms in total. The smallest absolute Gasteiger partial charge is 0.190 e. The summed E-state index contributed by atoms with van der Waals surface area (Å²) in [5.74, 6) is -0.444. The summed E-state index contributed by atoms with van der Waals surface area (Å²) in [5, 5.41) is 0. The summed E-state index contributed by atoms with van der Waals surface area (Å²) in [4.78, 5) is 8.85. The standard InChI is InChI=1S/C4H6O2/c1-3-4(2)5-6-4/h3H,1H2,2H3. The van der Waals surface area contributed by atoms with Crippen molar-refractivity contribution < 1.29 is 9.78 Å². The van der Waals surface area contributed by atoms with Gasteiger partial charge in [0.25, 0.3) is 0 Å². The molecule has 0 spiro atoms. The van der Waals surface area contributed by atoms with Crippen LogP contribution in [-0.4, -0.2) is 5.79 Å². The van der Waals surface area contributed by atoms with Crippen LogP contribution in [0.3, 0.4) is 0 Å². The zero-order chi connectivity index (χ0) is 4.62. The highest BCUT2D eigenvalue weighted by molar-refractivity contribution is 4.88. The van der Waals surface area contributed by atoms with Gasteiger partial charge in [-0.15, -0.1) is 0 Å². The van der Waals surface area contributed by atoms with Crippen molar-refractivity contribution in [3.8, 4) is 0 Å². The summed E-state index contributed by atoms with van der Waals surface area (Å²) in [7, 11) is 0.